The van der Waals surface area contributed by atoms with E-state index in [1.165, 1.54) is 36.9 Å². The molecule has 1 aromatic carbocycles. The highest BCUT2D eigenvalue weighted by Gasteiger charge is 2.26. The van der Waals surface area contributed by atoms with Crippen LogP contribution in [0, 0.1) is 5.92 Å². The summed E-state index contributed by atoms with van der Waals surface area (Å²) in [4.78, 5) is 2.50. The topological polar surface area (TPSA) is 15.3 Å². The van der Waals surface area contributed by atoms with Gasteiger partial charge in [-0.15, -0.1) is 0 Å². The molecule has 1 aliphatic carbocycles. The summed E-state index contributed by atoms with van der Waals surface area (Å²) in [5.74, 6) is 0.796. The molecule has 1 fully saturated rings. The highest BCUT2D eigenvalue weighted by Crippen LogP contribution is 2.33. The molecule has 1 N–H and O–H groups in total. The van der Waals surface area contributed by atoms with Crippen LogP contribution in [0.1, 0.15) is 38.2 Å². The predicted octanol–water partition coefficient (Wildman–Crippen LogP) is 4.18. The molecular weight excluding hydrogens is 300 g/mol. The van der Waals surface area contributed by atoms with Crippen LogP contribution in [-0.4, -0.2) is 20.1 Å². The summed E-state index contributed by atoms with van der Waals surface area (Å²) in [6, 6.07) is 7.32. The summed E-state index contributed by atoms with van der Waals surface area (Å²) >= 11 is 3.58. The zero-order chi connectivity index (χ0) is 13.8. The van der Waals surface area contributed by atoms with Gasteiger partial charge >= 0.3 is 0 Å². The van der Waals surface area contributed by atoms with Crippen LogP contribution < -0.4 is 10.2 Å². The fourth-order valence-electron chi connectivity index (χ4n) is 3.28. The van der Waals surface area contributed by atoms with Gasteiger partial charge in [0.25, 0.3) is 0 Å². The van der Waals surface area contributed by atoms with E-state index in [0.717, 1.165) is 16.9 Å². The number of rotatable bonds is 4. The van der Waals surface area contributed by atoms with Crippen LogP contribution in [0.25, 0.3) is 0 Å². The van der Waals surface area contributed by atoms with Gasteiger partial charge in [-0.3, -0.25) is 0 Å². The lowest BCUT2D eigenvalue weighted by molar-refractivity contribution is 0.321. The first kappa shape index (κ1) is 14.9. The third kappa shape index (κ3) is 3.51. The summed E-state index contributed by atoms with van der Waals surface area (Å²) in [6.45, 7) is 3.32. The maximum absolute atomic E-state index is 3.58. The fourth-order valence-corrected chi connectivity index (χ4v) is 3.69. The molecule has 0 heterocycles. The monoisotopic (exact) mass is 324 g/mol. The maximum atomic E-state index is 3.58. The zero-order valence-electron chi connectivity index (χ0n) is 12.2. The summed E-state index contributed by atoms with van der Waals surface area (Å²) in [7, 11) is 4.27. The Morgan fingerprint density at radius 2 is 2.05 bits per heavy atom. The third-order valence-corrected chi connectivity index (χ3v) is 4.85. The Balaban J connectivity index is 2.24. The first-order valence-corrected chi connectivity index (χ1v) is 8.08. The second kappa shape index (κ2) is 6.76. The summed E-state index contributed by atoms with van der Waals surface area (Å²) < 4.78 is 1.16. The highest BCUT2D eigenvalue weighted by atomic mass is 79.9. The average Bonchev–Trinajstić information content (AvgIpc) is 2.39. The van der Waals surface area contributed by atoms with Gasteiger partial charge in [0.05, 0.1) is 0 Å². The summed E-state index contributed by atoms with van der Waals surface area (Å²) in [5, 5.41) is 3.27. The molecule has 106 valence electrons. The minimum Gasteiger partial charge on any atom is -0.371 e. The number of halogens is 1. The van der Waals surface area contributed by atoms with Crippen molar-refractivity contribution in [2.24, 2.45) is 5.92 Å². The Hall–Kier alpha value is -0.540. The molecule has 2 unspecified atom stereocenters. The van der Waals surface area contributed by atoms with E-state index >= 15 is 0 Å². The highest BCUT2D eigenvalue weighted by molar-refractivity contribution is 9.10. The standard InChI is InChI=1S/C16H25BrN2/c1-12-6-4-5-7-15(12)19(3)16-9-8-14(17)10-13(16)11-18-2/h8-10,12,15,18H,4-7,11H2,1-3H3. The van der Waals surface area contributed by atoms with Gasteiger partial charge in [0.15, 0.2) is 0 Å². The number of hydrogen-bond donors (Lipinski definition) is 1. The minimum absolute atomic E-state index is 0.686. The molecule has 0 radical (unpaired) electrons. The van der Waals surface area contributed by atoms with Gasteiger partial charge in [0.1, 0.15) is 0 Å². The molecule has 2 nitrogen and oxygen atoms in total. The first-order chi connectivity index (χ1) is 9.13. The average molecular weight is 325 g/mol. The van der Waals surface area contributed by atoms with Crippen LogP contribution in [0.5, 0.6) is 0 Å². The van der Waals surface area contributed by atoms with Crippen molar-refractivity contribution >= 4 is 21.6 Å². The van der Waals surface area contributed by atoms with Gasteiger partial charge in [-0.05, 0) is 49.6 Å². The molecule has 0 saturated heterocycles. The van der Waals surface area contributed by atoms with Crippen molar-refractivity contribution in [1.82, 2.24) is 5.32 Å². The first-order valence-electron chi connectivity index (χ1n) is 7.29. The Kier molecular flexibility index (Phi) is 5.28. The van der Waals surface area contributed by atoms with Crippen molar-refractivity contribution in [3.63, 3.8) is 0 Å². The van der Waals surface area contributed by atoms with Crippen molar-refractivity contribution in [3.05, 3.63) is 28.2 Å². The van der Waals surface area contributed by atoms with Gasteiger partial charge in [-0.25, -0.2) is 0 Å². The molecular formula is C16H25BrN2. The van der Waals surface area contributed by atoms with E-state index in [-0.39, 0.29) is 0 Å². The Bertz CT molecular complexity index is 419. The smallest absolute Gasteiger partial charge is 0.0412 e. The van der Waals surface area contributed by atoms with E-state index in [9.17, 15) is 0 Å². The van der Waals surface area contributed by atoms with Crippen LogP contribution in [0.15, 0.2) is 22.7 Å². The molecule has 0 aromatic heterocycles. The normalized spacial score (nSPS) is 23.4. The van der Waals surface area contributed by atoms with Crippen LogP contribution >= 0.6 is 15.9 Å². The Morgan fingerprint density at radius 1 is 1.32 bits per heavy atom. The number of benzene rings is 1. The zero-order valence-corrected chi connectivity index (χ0v) is 13.8. The molecule has 0 spiro atoms. The molecule has 19 heavy (non-hydrogen) atoms. The van der Waals surface area contributed by atoms with E-state index in [2.05, 4.69) is 58.3 Å². The molecule has 3 heteroatoms. The van der Waals surface area contributed by atoms with E-state index in [1.54, 1.807) is 0 Å². The Labute approximate surface area is 125 Å². The Morgan fingerprint density at radius 3 is 2.74 bits per heavy atom. The second-order valence-corrected chi connectivity index (χ2v) is 6.66. The largest absolute Gasteiger partial charge is 0.371 e. The number of hydrogen-bond acceptors (Lipinski definition) is 2. The predicted molar refractivity (Wildman–Crippen MR) is 86.7 cm³/mol. The van der Waals surface area contributed by atoms with Crippen LogP contribution in [0.2, 0.25) is 0 Å². The molecule has 1 saturated carbocycles. The number of nitrogens with zero attached hydrogens (tertiary/aromatic N) is 1. The molecule has 2 rings (SSSR count). The SMILES string of the molecule is CNCc1cc(Br)ccc1N(C)C1CCCCC1C. The molecule has 1 aliphatic rings. The number of nitrogens with one attached hydrogen (secondary N) is 1. The van der Waals surface area contributed by atoms with Gasteiger partial charge in [0.2, 0.25) is 0 Å². The van der Waals surface area contributed by atoms with E-state index in [4.69, 9.17) is 0 Å². The van der Waals surface area contributed by atoms with Crippen molar-refractivity contribution < 1.29 is 0 Å². The van der Waals surface area contributed by atoms with Gasteiger partial charge in [-0.2, -0.15) is 0 Å². The quantitative estimate of drug-likeness (QED) is 0.893. The van der Waals surface area contributed by atoms with Crippen molar-refractivity contribution in [1.29, 1.82) is 0 Å². The lowest BCUT2D eigenvalue weighted by Crippen LogP contribution is -2.39. The molecule has 2 atom stereocenters. The van der Waals surface area contributed by atoms with Gasteiger partial charge < -0.3 is 10.2 Å². The van der Waals surface area contributed by atoms with Crippen molar-refractivity contribution in [2.75, 3.05) is 19.0 Å². The van der Waals surface area contributed by atoms with Crippen LogP contribution in [0.3, 0.4) is 0 Å². The van der Waals surface area contributed by atoms with Gasteiger partial charge in [-0.1, -0.05) is 35.7 Å². The lowest BCUT2D eigenvalue weighted by Gasteiger charge is -2.38. The number of anilines is 1. The van der Waals surface area contributed by atoms with E-state index < -0.39 is 0 Å². The van der Waals surface area contributed by atoms with Crippen molar-refractivity contribution in [2.45, 2.75) is 45.2 Å². The summed E-state index contributed by atoms with van der Waals surface area (Å²) in [5.41, 5.74) is 2.74. The second-order valence-electron chi connectivity index (χ2n) is 5.74. The van der Waals surface area contributed by atoms with Crippen LogP contribution in [-0.2, 0) is 6.54 Å². The summed E-state index contributed by atoms with van der Waals surface area (Å²) in [6.07, 6.45) is 5.46. The fraction of sp³-hybridized carbons (Fsp3) is 0.625. The lowest BCUT2D eigenvalue weighted by atomic mass is 9.84. The van der Waals surface area contributed by atoms with Crippen molar-refractivity contribution in [3.8, 4) is 0 Å². The van der Waals surface area contributed by atoms with E-state index in [1.807, 2.05) is 7.05 Å². The maximum Gasteiger partial charge on any atom is 0.0412 e. The molecule has 0 bridgehead atoms. The van der Waals surface area contributed by atoms with Crippen LogP contribution in [0.4, 0.5) is 5.69 Å². The molecule has 0 aliphatic heterocycles. The van der Waals surface area contributed by atoms with Gasteiger partial charge in [0, 0.05) is 29.8 Å². The minimum atomic E-state index is 0.686. The molecule has 0 amide bonds. The molecule has 1 aromatic rings. The third-order valence-electron chi connectivity index (χ3n) is 4.35. The van der Waals surface area contributed by atoms with E-state index in [0.29, 0.717) is 6.04 Å².